The Morgan fingerprint density at radius 3 is 2.69 bits per heavy atom. The Bertz CT molecular complexity index is 533. The van der Waals surface area contributed by atoms with Crippen molar-refractivity contribution in [2.45, 2.75) is 6.92 Å². The van der Waals surface area contributed by atoms with E-state index in [1.165, 1.54) is 6.07 Å². The average Bonchev–Trinajstić information content (AvgIpc) is 2.30. The largest absolute Gasteiger partial charge is 0.264 e. The molecule has 0 aliphatic rings. The highest BCUT2D eigenvalue weighted by Gasteiger charge is 2.08. The fourth-order valence-corrected chi connectivity index (χ4v) is 1.58. The maximum Gasteiger partial charge on any atom is 0.224 e. The van der Waals surface area contributed by atoms with Crippen molar-refractivity contribution < 1.29 is 4.39 Å². The SMILES string of the molecule is [C-]#[N+]c1c(C)cc(-c2cccnc2)cc1F. The predicted molar refractivity (Wildman–Crippen MR) is 60.6 cm³/mol. The van der Waals surface area contributed by atoms with Crippen LogP contribution in [0.25, 0.3) is 16.0 Å². The summed E-state index contributed by atoms with van der Waals surface area (Å²) < 4.78 is 13.6. The summed E-state index contributed by atoms with van der Waals surface area (Å²) >= 11 is 0. The number of halogens is 1. The summed E-state index contributed by atoms with van der Waals surface area (Å²) in [5.74, 6) is -0.478. The Morgan fingerprint density at radius 2 is 2.12 bits per heavy atom. The fourth-order valence-electron chi connectivity index (χ4n) is 1.58. The Kier molecular flexibility index (Phi) is 2.65. The van der Waals surface area contributed by atoms with E-state index in [0.717, 1.165) is 11.1 Å². The van der Waals surface area contributed by atoms with E-state index in [1.54, 1.807) is 31.5 Å². The highest BCUT2D eigenvalue weighted by atomic mass is 19.1. The van der Waals surface area contributed by atoms with Gasteiger partial charge < -0.3 is 0 Å². The molecule has 0 saturated carbocycles. The maximum atomic E-state index is 13.6. The van der Waals surface area contributed by atoms with Gasteiger partial charge in [-0.1, -0.05) is 12.1 Å². The first-order chi connectivity index (χ1) is 7.72. The molecule has 0 bridgehead atoms. The van der Waals surface area contributed by atoms with Gasteiger partial charge in [-0.3, -0.25) is 4.98 Å². The molecule has 2 nitrogen and oxygen atoms in total. The third kappa shape index (κ3) is 1.78. The molecule has 1 aromatic heterocycles. The average molecular weight is 212 g/mol. The monoisotopic (exact) mass is 212 g/mol. The first kappa shape index (κ1) is 10.3. The van der Waals surface area contributed by atoms with E-state index >= 15 is 0 Å². The first-order valence-corrected chi connectivity index (χ1v) is 4.80. The summed E-state index contributed by atoms with van der Waals surface area (Å²) in [6.07, 6.45) is 3.34. The van der Waals surface area contributed by atoms with Gasteiger partial charge >= 0.3 is 0 Å². The van der Waals surface area contributed by atoms with Crippen molar-refractivity contribution in [1.29, 1.82) is 0 Å². The lowest BCUT2D eigenvalue weighted by Gasteiger charge is -2.05. The number of aromatic nitrogens is 1. The quantitative estimate of drug-likeness (QED) is 0.658. The van der Waals surface area contributed by atoms with E-state index in [-0.39, 0.29) is 5.69 Å². The minimum Gasteiger partial charge on any atom is -0.264 e. The second-order valence-electron chi connectivity index (χ2n) is 3.48. The zero-order chi connectivity index (χ0) is 11.5. The molecule has 0 radical (unpaired) electrons. The molecular weight excluding hydrogens is 203 g/mol. The number of aryl methyl sites for hydroxylation is 1. The molecule has 0 unspecified atom stereocenters. The van der Waals surface area contributed by atoms with Crippen LogP contribution in [0, 0.1) is 19.3 Å². The van der Waals surface area contributed by atoms with E-state index in [1.807, 2.05) is 6.07 Å². The number of pyridine rings is 1. The number of benzene rings is 1. The lowest BCUT2D eigenvalue weighted by atomic mass is 10.0. The van der Waals surface area contributed by atoms with Crippen molar-refractivity contribution in [3.63, 3.8) is 0 Å². The van der Waals surface area contributed by atoms with E-state index in [0.29, 0.717) is 5.56 Å². The molecule has 16 heavy (non-hydrogen) atoms. The normalized spacial score (nSPS) is 9.81. The van der Waals surface area contributed by atoms with Crippen LogP contribution in [-0.2, 0) is 0 Å². The van der Waals surface area contributed by atoms with Gasteiger partial charge in [0.2, 0.25) is 5.69 Å². The van der Waals surface area contributed by atoms with Gasteiger partial charge in [0.25, 0.3) is 0 Å². The van der Waals surface area contributed by atoms with Crippen LogP contribution in [0.3, 0.4) is 0 Å². The lowest BCUT2D eigenvalue weighted by molar-refractivity contribution is 0.633. The van der Waals surface area contributed by atoms with Crippen LogP contribution in [-0.4, -0.2) is 4.98 Å². The third-order valence-corrected chi connectivity index (χ3v) is 2.36. The number of rotatable bonds is 1. The molecule has 78 valence electrons. The van der Waals surface area contributed by atoms with Crippen LogP contribution < -0.4 is 0 Å². The van der Waals surface area contributed by atoms with Crippen LogP contribution in [0.1, 0.15) is 5.56 Å². The van der Waals surface area contributed by atoms with E-state index in [4.69, 9.17) is 6.57 Å². The molecular formula is C13H9FN2. The lowest BCUT2D eigenvalue weighted by Crippen LogP contribution is -1.85. The Balaban J connectivity index is 2.58. The second kappa shape index (κ2) is 4.11. The predicted octanol–water partition coefficient (Wildman–Crippen LogP) is 3.75. The fraction of sp³-hybridized carbons (Fsp3) is 0.0769. The van der Waals surface area contributed by atoms with Crippen LogP contribution in [0.5, 0.6) is 0 Å². The standard InChI is InChI=1S/C13H9FN2/c1-9-6-11(7-12(14)13(9)15-2)10-4-3-5-16-8-10/h3-8H,1H3. The Morgan fingerprint density at radius 1 is 1.31 bits per heavy atom. The molecule has 0 saturated heterocycles. The highest BCUT2D eigenvalue weighted by Crippen LogP contribution is 2.29. The van der Waals surface area contributed by atoms with Crippen LogP contribution in [0.15, 0.2) is 36.7 Å². The minimum atomic E-state index is -0.478. The van der Waals surface area contributed by atoms with Crippen LogP contribution >= 0.6 is 0 Å². The summed E-state index contributed by atoms with van der Waals surface area (Å²) in [5, 5.41) is 0. The molecule has 0 aliphatic carbocycles. The molecule has 2 rings (SSSR count). The molecule has 0 aliphatic heterocycles. The van der Waals surface area contributed by atoms with Gasteiger partial charge in [-0.2, -0.15) is 0 Å². The third-order valence-electron chi connectivity index (χ3n) is 2.36. The van der Waals surface area contributed by atoms with Gasteiger partial charge in [0.15, 0.2) is 0 Å². The van der Waals surface area contributed by atoms with Crippen molar-refractivity contribution in [3.8, 4) is 11.1 Å². The van der Waals surface area contributed by atoms with Crippen LogP contribution in [0.4, 0.5) is 10.1 Å². The molecule has 3 heteroatoms. The number of nitrogens with zero attached hydrogens (tertiary/aromatic N) is 2. The highest BCUT2D eigenvalue weighted by molar-refractivity contribution is 5.68. The molecule has 0 amide bonds. The maximum absolute atomic E-state index is 13.6. The molecule has 2 aromatic rings. The molecule has 0 spiro atoms. The number of hydrogen-bond donors (Lipinski definition) is 0. The van der Waals surface area contributed by atoms with Gasteiger partial charge in [-0.05, 0) is 35.7 Å². The molecule has 0 N–H and O–H groups in total. The van der Waals surface area contributed by atoms with Crippen LogP contribution in [0.2, 0.25) is 0 Å². The van der Waals surface area contributed by atoms with Gasteiger partial charge in [0, 0.05) is 12.4 Å². The molecule has 0 atom stereocenters. The smallest absolute Gasteiger partial charge is 0.224 e. The Hall–Kier alpha value is -2.21. The zero-order valence-corrected chi connectivity index (χ0v) is 8.74. The zero-order valence-electron chi connectivity index (χ0n) is 8.74. The minimum absolute atomic E-state index is 0.0904. The second-order valence-corrected chi connectivity index (χ2v) is 3.48. The summed E-state index contributed by atoms with van der Waals surface area (Å²) in [4.78, 5) is 7.14. The van der Waals surface area contributed by atoms with Crippen molar-refractivity contribution in [2.75, 3.05) is 0 Å². The van der Waals surface area contributed by atoms with Crippen molar-refractivity contribution in [3.05, 3.63) is 59.5 Å². The molecule has 1 heterocycles. The first-order valence-electron chi connectivity index (χ1n) is 4.80. The Labute approximate surface area is 93.2 Å². The van der Waals surface area contributed by atoms with E-state index in [9.17, 15) is 4.39 Å². The van der Waals surface area contributed by atoms with Crippen molar-refractivity contribution in [2.24, 2.45) is 0 Å². The van der Waals surface area contributed by atoms with Gasteiger partial charge in [-0.15, -0.1) is 0 Å². The van der Waals surface area contributed by atoms with Crippen molar-refractivity contribution in [1.82, 2.24) is 4.98 Å². The van der Waals surface area contributed by atoms with Crippen molar-refractivity contribution >= 4 is 5.69 Å². The topological polar surface area (TPSA) is 17.2 Å². The van der Waals surface area contributed by atoms with Gasteiger partial charge in [0.05, 0.1) is 6.57 Å². The van der Waals surface area contributed by atoms with Gasteiger partial charge in [0.1, 0.15) is 5.82 Å². The summed E-state index contributed by atoms with van der Waals surface area (Å²) in [6, 6.07) is 6.83. The summed E-state index contributed by atoms with van der Waals surface area (Å²) in [7, 11) is 0. The van der Waals surface area contributed by atoms with E-state index in [2.05, 4.69) is 9.83 Å². The molecule has 0 fully saturated rings. The van der Waals surface area contributed by atoms with E-state index < -0.39 is 5.82 Å². The number of hydrogen-bond acceptors (Lipinski definition) is 1. The molecule has 1 aromatic carbocycles. The summed E-state index contributed by atoms with van der Waals surface area (Å²) in [5.41, 5.74) is 2.33. The summed E-state index contributed by atoms with van der Waals surface area (Å²) in [6.45, 7) is 8.61. The van der Waals surface area contributed by atoms with Gasteiger partial charge in [-0.25, -0.2) is 9.24 Å².